The minimum Gasteiger partial charge on any atom is -0.494 e. The Bertz CT molecular complexity index is 1070. The van der Waals surface area contributed by atoms with Crippen LogP contribution in [0.2, 0.25) is 0 Å². The van der Waals surface area contributed by atoms with Crippen molar-refractivity contribution in [3.8, 4) is 5.75 Å². The second-order valence-electron chi connectivity index (χ2n) is 7.78. The third kappa shape index (κ3) is 6.17. The Morgan fingerprint density at radius 3 is 2.38 bits per heavy atom. The van der Waals surface area contributed by atoms with Crippen molar-refractivity contribution in [3.63, 3.8) is 0 Å². The van der Waals surface area contributed by atoms with Crippen molar-refractivity contribution in [2.45, 2.75) is 40.0 Å². The van der Waals surface area contributed by atoms with Crippen molar-refractivity contribution in [1.82, 2.24) is 15.1 Å². The molecule has 1 amide bonds. The predicted molar refractivity (Wildman–Crippen MR) is 132 cm³/mol. The summed E-state index contributed by atoms with van der Waals surface area (Å²) in [5, 5.41) is 10.5. The van der Waals surface area contributed by atoms with Crippen LogP contribution in [0.4, 0.5) is 5.69 Å². The van der Waals surface area contributed by atoms with Crippen LogP contribution >= 0.6 is 12.2 Å². The Hall–Kier alpha value is -3.19. The van der Waals surface area contributed by atoms with Gasteiger partial charge in [0, 0.05) is 36.0 Å². The summed E-state index contributed by atoms with van der Waals surface area (Å²) in [6.07, 6.45) is 2.91. The molecule has 3 aromatic rings. The number of thiocarbonyl (C=S) groups is 1. The van der Waals surface area contributed by atoms with E-state index in [4.69, 9.17) is 17.0 Å². The summed E-state index contributed by atoms with van der Waals surface area (Å²) in [6, 6.07) is 15.1. The monoisotopic (exact) mass is 450 g/mol. The molecular formula is C25H30N4O2S. The van der Waals surface area contributed by atoms with E-state index >= 15 is 0 Å². The maximum Gasteiger partial charge on any atom is 0.257 e. The number of carbonyl (C=O) groups excluding carboxylic acids is 1. The first-order valence-electron chi connectivity index (χ1n) is 10.8. The molecule has 2 aromatic carbocycles. The molecule has 168 valence electrons. The van der Waals surface area contributed by atoms with Crippen molar-refractivity contribution in [3.05, 3.63) is 76.6 Å². The summed E-state index contributed by atoms with van der Waals surface area (Å²) >= 11 is 5.30. The van der Waals surface area contributed by atoms with E-state index in [2.05, 4.69) is 41.7 Å². The lowest BCUT2D eigenvalue weighted by molar-refractivity contribution is 0.0977. The Morgan fingerprint density at radius 1 is 1.09 bits per heavy atom. The van der Waals surface area contributed by atoms with Crippen molar-refractivity contribution in [2.24, 2.45) is 7.05 Å². The van der Waals surface area contributed by atoms with Crippen LogP contribution < -0.4 is 15.4 Å². The van der Waals surface area contributed by atoms with Gasteiger partial charge in [0.05, 0.1) is 12.3 Å². The van der Waals surface area contributed by atoms with Crippen LogP contribution in [0.25, 0.3) is 0 Å². The summed E-state index contributed by atoms with van der Waals surface area (Å²) in [6.45, 7) is 6.91. The molecule has 3 rings (SSSR count). The third-order valence-corrected chi connectivity index (χ3v) is 5.57. The number of amides is 1. The normalized spacial score (nSPS) is 10.6. The van der Waals surface area contributed by atoms with E-state index in [0.717, 1.165) is 36.4 Å². The standard InChI is InChI=1S/C25H30N4O2S/c1-5-6-15-31-22-13-9-20(10-14-22)24(30)27-25(32)26-21-11-7-19(8-12-21)16-23-17(2)28-29(4)18(23)3/h7-14H,5-6,15-16H2,1-4H3,(H2,26,27,30,32). The van der Waals surface area contributed by atoms with Crippen LogP contribution in [0.3, 0.4) is 0 Å². The number of rotatable bonds is 8. The molecule has 2 N–H and O–H groups in total. The maximum absolute atomic E-state index is 12.5. The Balaban J connectivity index is 1.52. The molecule has 0 fully saturated rings. The second kappa shape index (κ2) is 10.9. The SMILES string of the molecule is CCCCOc1ccc(C(=O)NC(=S)Nc2ccc(Cc3c(C)nn(C)c3C)cc2)cc1. The number of anilines is 1. The fourth-order valence-electron chi connectivity index (χ4n) is 3.36. The van der Waals surface area contributed by atoms with Gasteiger partial charge in [0.2, 0.25) is 0 Å². The highest BCUT2D eigenvalue weighted by atomic mass is 32.1. The number of unbranched alkanes of at least 4 members (excludes halogenated alkanes) is 1. The third-order valence-electron chi connectivity index (χ3n) is 5.36. The molecule has 0 unspecified atom stereocenters. The van der Waals surface area contributed by atoms with Gasteiger partial charge in [0.15, 0.2) is 5.11 Å². The van der Waals surface area contributed by atoms with E-state index in [0.29, 0.717) is 12.2 Å². The first kappa shape index (κ1) is 23.5. The molecule has 32 heavy (non-hydrogen) atoms. The largest absolute Gasteiger partial charge is 0.494 e. The van der Waals surface area contributed by atoms with Crippen LogP contribution in [-0.2, 0) is 13.5 Å². The molecule has 0 atom stereocenters. The fraction of sp³-hybridized carbons (Fsp3) is 0.320. The number of carbonyl (C=O) groups is 1. The molecule has 0 aliphatic heterocycles. The van der Waals surface area contributed by atoms with Gasteiger partial charge in [-0.3, -0.25) is 14.8 Å². The van der Waals surface area contributed by atoms with Gasteiger partial charge in [-0.2, -0.15) is 5.10 Å². The van der Waals surface area contributed by atoms with Gasteiger partial charge in [0.1, 0.15) is 5.75 Å². The average molecular weight is 451 g/mol. The highest BCUT2D eigenvalue weighted by Crippen LogP contribution is 2.19. The summed E-state index contributed by atoms with van der Waals surface area (Å²) in [4.78, 5) is 12.5. The number of aromatic nitrogens is 2. The van der Waals surface area contributed by atoms with E-state index < -0.39 is 0 Å². The minimum absolute atomic E-state index is 0.255. The number of aryl methyl sites for hydroxylation is 2. The molecule has 0 bridgehead atoms. The zero-order valence-corrected chi connectivity index (χ0v) is 19.9. The highest BCUT2D eigenvalue weighted by molar-refractivity contribution is 7.80. The number of hydrogen-bond donors (Lipinski definition) is 2. The highest BCUT2D eigenvalue weighted by Gasteiger charge is 2.11. The van der Waals surface area contributed by atoms with Crippen LogP contribution in [-0.4, -0.2) is 27.4 Å². The lowest BCUT2D eigenvalue weighted by atomic mass is 10.0. The van der Waals surface area contributed by atoms with Crippen molar-refractivity contribution in [2.75, 3.05) is 11.9 Å². The van der Waals surface area contributed by atoms with Gasteiger partial charge >= 0.3 is 0 Å². The first-order chi connectivity index (χ1) is 15.4. The first-order valence-corrected chi connectivity index (χ1v) is 11.2. The lowest BCUT2D eigenvalue weighted by Gasteiger charge is -2.11. The van der Waals surface area contributed by atoms with Gasteiger partial charge in [-0.25, -0.2) is 0 Å². The van der Waals surface area contributed by atoms with Crippen LogP contribution in [0.15, 0.2) is 48.5 Å². The molecule has 0 saturated heterocycles. The summed E-state index contributed by atoms with van der Waals surface area (Å²) < 4.78 is 7.54. The average Bonchev–Trinajstić information content (AvgIpc) is 3.01. The van der Waals surface area contributed by atoms with Gasteiger partial charge in [-0.15, -0.1) is 0 Å². The predicted octanol–water partition coefficient (Wildman–Crippen LogP) is 4.93. The zero-order valence-electron chi connectivity index (χ0n) is 19.1. The number of nitrogens with zero attached hydrogens (tertiary/aromatic N) is 2. The number of ether oxygens (including phenoxy) is 1. The summed E-state index contributed by atoms with van der Waals surface area (Å²) in [5.74, 6) is 0.495. The molecule has 7 heteroatoms. The van der Waals surface area contributed by atoms with Gasteiger partial charge < -0.3 is 10.1 Å². The fourth-order valence-corrected chi connectivity index (χ4v) is 3.57. The smallest absolute Gasteiger partial charge is 0.257 e. The van der Waals surface area contributed by atoms with E-state index in [1.165, 1.54) is 16.8 Å². The van der Waals surface area contributed by atoms with Gasteiger partial charge in [-0.05, 0) is 74.4 Å². The summed E-state index contributed by atoms with van der Waals surface area (Å²) in [7, 11) is 1.96. The molecule has 0 aliphatic carbocycles. The van der Waals surface area contributed by atoms with Crippen molar-refractivity contribution in [1.29, 1.82) is 0 Å². The second-order valence-corrected chi connectivity index (χ2v) is 8.19. The van der Waals surface area contributed by atoms with Crippen LogP contribution in [0, 0.1) is 13.8 Å². The molecule has 1 aromatic heterocycles. The topological polar surface area (TPSA) is 68.2 Å². The Morgan fingerprint density at radius 2 is 1.78 bits per heavy atom. The minimum atomic E-state index is -0.262. The molecule has 0 aliphatic rings. The number of nitrogens with one attached hydrogen (secondary N) is 2. The van der Waals surface area contributed by atoms with E-state index in [1.54, 1.807) is 24.3 Å². The number of hydrogen-bond acceptors (Lipinski definition) is 4. The molecule has 6 nitrogen and oxygen atoms in total. The molecule has 0 saturated carbocycles. The zero-order chi connectivity index (χ0) is 23.1. The maximum atomic E-state index is 12.5. The summed E-state index contributed by atoms with van der Waals surface area (Å²) in [5.41, 5.74) is 6.00. The van der Waals surface area contributed by atoms with Crippen molar-refractivity contribution < 1.29 is 9.53 Å². The quantitative estimate of drug-likeness (QED) is 0.376. The van der Waals surface area contributed by atoms with Gasteiger partial charge in [-0.1, -0.05) is 25.5 Å². The Kier molecular flexibility index (Phi) is 8.00. The number of benzene rings is 2. The van der Waals surface area contributed by atoms with Crippen LogP contribution in [0.5, 0.6) is 5.75 Å². The Labute approximate surface area is 195 Å². The van der Waals surface area contributed by atoms with E-state index in [9.17, 15) is 4.79 Å². The van der Waals surface area contributed by atoms with Crippen molar-refractivity contribution >= 4 is 28.9 Å². The van der Waals surface area contributed by atoms with Gasteiger partial charge in [0.25, 0.3) is 5.91 Å². The van der Waals surface area contributed by atoms with E-state index in [-0.39, 0.29) is 11.0 Å². The molecule has 0 radical (unpaired) electrons. The molecule has 1 heterocycles. The molecular weight excluding hydrogens is 420 g/mol. The lowest BCUT2D eigenvalue weighted by Crippen LogP contribution is -2.34. The molecule has 0 spiro atoms. The van der Waals surface area contributed by atoms with E-state index in [1.807, 2.05) is 30.8 Å². The van der Waals surface area contributed by atoms with Crippen LogP contribution in [0.1, 0.15) is 52.6 Å².